The van der Waals surface area contributed by atoms with E-state index in [0.717, 1.165) is 30.6 Å². The first-order chi connectivity index (χ1) is 9.24. The zero-order valence-corrected chi connectivity index (χ0v) is 10.3. The number of hydrogen-bond acceptors (Lipinski definition) is 3. The second kappa shape index (κ2) is 4.76. The van der Waals surface area contributed by atoms with E-state index < -0.39 is 0 Å². The lowest BCUT2D eigenvalue weighted by Crippen LogP contribution is -2.31. The van der Waals surface area contributed by atoms with Crippen LogP contribution in [0.15, 0.2) is 39.7 Å². The molecule has 5 heteroatoms. The lowest BCUT2D eigenvalue weighted by atomic mass is 9.93. The summed E-state index contributed by atoms with van der Waals surface area (Å²) in [6.07, 6.45) is 4.43. The summed E-state index contributed by atoms with van der Waals surface area (Å²) < 4.78 is 5.38. The smallest absolute Gasteiger partial charge is 0.268 e. The molecule has 2 heterocycles. The summed E-state index contributed by atoms with van der Waals surface area (Å²) in [6.45, 7) is 0. The van der Waals surface area contributed by atoms with Crippen LogP contribution >= 0.6 is 0 Å². The fourth-order valence-electron chi connectivity index (χ4n) is 2.45. The summed E-state index contributed by atoms with van der Waals surface area (Å²) in [7, 11) is 0. The molecule has 1 aliphatic carbocycles. The molecule has 0 radical (unpaired) electrons. The second-order valence-corrected chi connectivity index (χ2v) is 4.65. The molecule has 5 nitrogen and oxygen atoms in total. The molecule has 1 aliphatic rings. The Bertz CT molecular complexity index is 656. The maximum atomic E-state index is 12.1. The van der Waals surface area contributed by atoms with Crippen LogP contribution in [0.3, 0.4) is 0 Å². The second-order valence-electron chi connectivity index (χ2n) is 4.65. The summed E-state index contributed by atoms with van der Waals surface area (Å²) in [6, 6.07) is 6.39. The van der Waals surface area contributed by atoms with E-state index in [1.807, 2.05) is 6.07 Å². The van der Waals surface area contributed by atoms with E-state index in [1.54, 1.807) is 18.4 Å². The topological polar surface area (TPSA) is 75.1 Å². The molecule has 0 spiro atoms. The predicted octanol–water partition coefficient (Wildman–Crippen LogP) is 1.78. The monoisotopic (exact) mass is 258 g/mol. The van der Waals surface area contributed by atoms with Gasteiger partial charge in [0.25, 0.3) is 5.91 Å². The fraction of sp³-hybridized carbons (Fsp3) is 0.286. The van der Waals surface area contributed by atoms with Gasteiger partial charge in [0.2, 0.25) is 5.56 Å². The third-order valence-electron chi connectivity index (χ3n) is 3.37. The minimum atomic E-state index is -0.278. The standard InChI is InChI=1S/C14H14N2O3/c17-13-6-2-4-11(15-13)14(18)16-10-3-1-5-12-9(10)7-8-19-12/h2,4,6-8,10H,1,3,5H2,(H,15,17)(H,16,18). The molecule has 1 amide bonds. The number of carbonyl (C=O) groups is 1. The number of furan rings is 1. The van der Waals surface area contributed by atoms with E-state index in [4.69, 9.17) is 4.42 Å². The van der Waals surface area contributed by atoms with Gasteiger partial charge in [0, 0.05) is 18.1 Å². The van der Waals surface area contributed by atoms with Crippen LogP contribution in [0.2, 0.25) is 0 Å². The molecule has 3 rings (SSSR count). The van der Waals surface area contributed by atoms with Crippen LogP contribution in [0.25, 0.3) is 0 Å². The van der Waals surface area contributed by atoms with Crippen molar-refractivity contribution in [2.24, 2.45) is 0 Å². The van der Waals surface area contributed by atoms with Crippen LogP contribution in [0.1, 0.15) is 40.7 Å². The van der Waals surface area contributed by atoms with Crippen LogP contribution in [-0.4, -0.2) is 10.9 Å². The first-order valence-corrected chi connectivity index (χ1v) is 6.30. The van der Waals surface area contributed by atoms with Crippen LogP contribution in [-0.2, 0) is 6.42 Å². The molecule has 2 aromatic heterocycles. The van der Waals surface area contributed by atoms with E-state index in [9.17, 15) is 9.59 Å². The first-order valence-electron chi connectivity index (χ1n) is 6.30. The summed E-state index contributed by atoms with van der Waals surface area (Å²) >= 11 is 0. The van der Waals surface area contributed by atoms with Crippen molar-refractivity contribution in [1.29, 1.82) is 0 Å². The Kier molecular flexibility index (Phi) is 2.95. The number of aromatic nitrogens is 1. The molecule has 0 saturated heterocycles. The number of aryl methyl sites for hydroxylation is 1. The van der Waals surface area contributed by atoms with Gasteiger partial charge in [-0.2, -0.15) is 0 Å². The van der Waals surface area contributed by atoms with Crippen molar-refractivity contribution >= 4 is 5.91 Å². The number of aromatic amines is 1. The molecule has 0 fully saturated rings. The number of H-pyrrole nitrogens is 1. The number of pyridine rings is 1. The molecule has 19 heavy (non-hydrogen) atoms. The third-order valence-corrected chi connectivity index (χ3v) is 3.37. The van der Waals surface area contributed by atoms with Gasteiger partial charge < -0.3 is 14.7 Å². The summed E-state index contributed by atoms with van der Waals surface area (Å²) in [4.78, 5) is 25.8. The molecule has 0 saturated carbocycles. The number of amides is 1. The van der Waals surface area contributed by atoms with Gasteiger partial charge in [-0.15, -0.1) is 0 Å². The largest absolute Gasteiger partial charge is 0.469 e. The van der Waals surface area contributed by atoms with Gasteiger partial charge >= 0.3 is 0 Å². The Labute approximate surface area is 109 Å². The highest BCUT2D eigenvalue weighted by molar-refractivity contribution is 5.92. The quantitative estimate of drug-likeness (QED) is 0.862. The van der Waals surface area contributed by atoms with Gasteiger partial charge in [0.05, 0.1) is 12.3 Å². The zero-order valence-electron chi connectivity index (χ0n) is 10.3. The molecule has 2 aromatic rings. The maximum Gasteiger partial charge on any atom is 0.268 e. The van der Waals surface area contributed by atoms with Crippen LogP contribution < -0.4 is 10.9 Å². The molecule has 1 unspecified atom stereocenters. The van der Waals surface area contributed by atoms with Gasteiger partial charge in [-0.3, -0.25) is 9.59 Å². The van der Waals surface area contributed by atoms with Crippen molar-refractivity contribution in [3.05, 3.63) is 57.9 Å². The Morgan fingerprint density at radius 2 is 2.26 bits per heavy atom. The van der Waals surface area contributed by atoms with E-state index in [-0.39, 0.29) is 23.2 Å². The number of hydrogen-bond donors (Lipinski definition) is 2. The van der Waals surface area contributed by atoms with Crippen molar-refractivity contribution in [3.8, 4) is 0 Å². The number of nitrogens with one attached hydrogen (secondary N) is 2. The third kappa shape index (κ3) is 2.31. The maximum absolute atomic E-state index is 12.1. The average Bonchev–Trinajstić information content (AvgIpc) is 2.88. The van der Waals surface area contributed by atoms with E-state index in [2.05, 4.69) is 10.3 Å². The molecule has 98 valence electrons. The van der Waals surface area contributed by atoms with Crippen LogP contribution in [0, 0.1) is 0 Å². The molecular formula is C14H14N2O3. The highest BCUT2D eigenvalue weighted by Gasteiger charge is 2.24. The molecule has 0 aromatic carbocycles. The molecule has 0 aliphatic heterocycles. The summed E-state index contributed by atoms with van der Waals surface area (Å²) in [5.74, 6) is 0.676. The Morgan fingerprint density at radius 1 is 1.37 bits per heavy atom. The van der Waals surface area contributed by atoms with Crippen molar-refractivity contribution in [1.82, 2.24) is 10.3 Å². The van der Waals surface area contributed by atoms with Gasteiger partial charge in [0.15, 0.2) is 0 Å². The Morgan fingerprint density at radius 3 is 3.11 bits per heavy atom. The molecule has 2 N–H and O–H groups in total. The molecular weight excluding hydrogens is 244 g/mol. The minimum Gasteiger partial charge on any atom is -0.469 e. The van der Waals surface area contributed by atoms with Crippen molar-refractivity contribution in [3.63, 3.8) is 0 Å². The van der Waals surface area contributed by atoms with Gasteiger partial charge in [-0.25, -0.2) is 0 Å². The van der Waals surface area contributed by atoms with Crippen LogP contribution in [0.5, 0.6) is 0 Å². The van der Waals surface area contributed by atoms with Crippen molar-refractivity contribution < 1.29 is 9.21 Å². The highest BCUT2D eigenvalue weighted by Crippen LogP contribution is 2.30. The first kappa shape index (κ1) is 11.8. The fourth-order valence-corrected chi connectivity index (χ4v) is 2.45. The summed E-state index contributed by atoms with van der Waals surface area (Å²) in [5, 5.41) is 2.94. The number of rotatable bonds is 2. The molecule has 0 bridgehead atoms. The minimum absolute atomic E-state index is 0.0429. The predicted molar refractivity (Wildman–Crippen MR) is 68.9 cm³/mol. The lowest BCUT2D eigenvalue weighted by Gasteiger charge is -2.22. The molecule has 1 atom stereocenters. The van der Waals surface area contributed by atoms with Crippen LogP contribution in [0.4, 0.5) is 0 Å². The van der Waals surface area contributed by atoms with Gasteiger partial charge in [0.1, 0.15) is 11.5 Å². The van der Waals surface area contributed by atoms with E-state index in [1.165, 1.54) is 6.07 Å². The van der Waals surface area contributed by atoms with E-state index >= 15 is 0 Å². The lowest BCUT2D eigenvalue weighted by molar-refractivity contribution is 0.0927. The van der Waals surface area contributed by atoms with Gasteiger partial charge in [-0.05, 0) is 25.0 Å². The van der Waals surface area contributed by atoms with Crippen molar-refractivity contribution in [2.75, 3.05) is 0 Å². The Balaban J connectivity index is 1.80. The van der Waals surface area contributed by atoms with Crippen molar-refractivity contribution in [2.45, 2.75) is 25.3 Å². The highest BCUT2D eigenvalue weighted by atomic mass is 16.3. The van der Waals surface area contributed by atoms with E-state index in [0.29, 0.717) is 0 Å². The Hall–Kier alpha value is -2.30. The normalized spacial score (nSPS) is 17.8. The average molecular weight is 258 g/mol. The number of fused-ring (bicyclic) bond motifs is 1. The zero-order chi connectivity index (χ0) is 13.2. The summed E-state index contributed by atoms with van der Waals surface area (Å²) in [5.41, 5.74) is 1.04. The SMILES string of the molecule is O=C(NC1CCCc2occc21)c1cccc(=O)[nH]1. The number of carbonyl (C=O) groups excluding carboxylic acids is 1. The van der Waals surface area contributed by atoms with Gasteiger partial charge in [-0.1, -0.05) is 6.07 Å².